The maximum atomic E-state index is 11.3. The molecule has 0 aliphatic carbocycles. The quantitative estimate of drug-likeness (QED) is 0.504. The van der Waals surface area contributed by atoms with Crippen LogP contribution in [-0.4, -0.2) is 57.9 Å². The molecule has 1 saturated heterocycles. The lowest BCUT2D eigenvalue weighted by atomic mass is 10.1. The second kappa shape index (κ2) is 4.39. The van der Waals surface area contributed by atoms with Crippen LogP contribution in [-0.2, 0) is 9.59 Å². The molecule has 1 aliphatic heterocycles. The van der Waals surface area contributed by atoms with E-state index >= 15 is 0 Å². The van der Waals surface area contributed by atoms with Crippen LogP contribution in [0.1, 0.15) is 6.42 Å². The number of amides is 1. The van der Waals surface area contributed by atoms with E-state index in [1.807, 2.05) is 0 Å². The van der Waals surface area contributed by atoms with Gasteiger partial charge in [-0.25, -0.2) is 0 Å². The summed E-state index contributed by atoms with van der Waals surface area (Å²) in [5, 5.41) is 26.3. The summed E-state index contributed by atoms with van der Waals surface area (Å²) in [6.45, 7) is -0.636. The molecule has 0 saturated carbocycles. The van der Waals surface area contributed by atoms with Gasteiger partial charge in [0.25, 0.3) is 0 Å². The van der Waals surface area contributed by atoms with Crippen LogP contribution in [0, 0.1) is 5.92 Å². The summed E-state index contributed by atoms with van der Waals surface area (Å²) in [7, 11) is 0. The standard InChI is InChI=1S/C8H13NO5/c10-3-6(4-11)9-2-5(8(13)14)1-7(9)12/h5-6,10-11H,1-4H2,(H,13,14)/t5-/m0/s1. The van der Waals surface area contributed by atoms with Gasteiger partial charge in [-0.2, -0.15) is 0 Å². The van der Waals surface area contributed by atoms with Crippen molar-refractivity contribution in [3.8, 4) is 0 Å². The fourth-order valence-electron chi connectivity index (χ4n) is 1.50. The molecule has 14 heavy (non-hydrogen) atoms. The Morgan fingerprint density at radius 3 is 2.43 bits per heavy atom. The second-order valence-electron chi connectivity index (χ2n) is 3.30. The van der Waals surface area contributed by atoms with Crippen molar-refractivity contribution in [2.75, 3.05) is 19.8 Å². The fourth-order valence-corrected chi connectivity index (χ4v) is 1.50. The first kappa shape index (κ1) is 10.9. The molecule has 1 amide bonds. The highest BCUT2D eigenvalue weighted by atomic mass is 16.4. The Hall–Kier alpha value is -1.14. The zero-order chi connectivity index (χ0) is 10.7. The molecule has 0 radical (unpaired) electrons. The Morgan fingerprint density at radius 1 is 1.50 bits per heavy atom. The molecule has 3 N–H and O–H groups in total. The third-order valence-electron chi connectivity index (χ3n) is 2.37. The van der Waals surface area contributed by atoms with E-state index in [1.165, 1.54) is 4.90 Å². The Kier molecular flexibility index (Phi) is 3.43. The third-order valence-corrected chi connectivity index (χ3v) is 2.37. The number of aliphatic hydroxyl groups is 2. The van der Waals surface area contributed by atoms with Gasteiger partial charge in [-0.15, -0.1) is 0 Å². The van der Waals surface area contributed by atoms with Crippen molar-refractivity contribution in [1.29, 1.82) is 0 Å². The van der Waals surface area contributed by atoms with Crippen LogP contribution < -0.4 is 0 Å². The molecule has 0 unspecified atom stereocenters. The van der Waals surface area contributed by atoms with Gasteiger partial charge >= 0.3 is 5.97 Å². The Bertz CT molecular complexity index is 238. The highest BCUT2D eigenvalue weighted by Crippen LogP contribution is 2.19. The van der Waals surface area contributed by atoms with E-state index < -0.39 is 17.9 Å². The smallest absolute Gasteiger partial charge is 0.308 e. The van der Waals surface area contributed by atoms with Gasteiger partial charge < -0.3 is 20.2 Å². The van der Waals surface area contributed by atoms with Crippen LogP contribution in [0.3, 0.4) is 0 Å². The SMILES string of the molecule is O=C(O)[C@H]1CC(=O)N(C(CO)CO)C1. The molecule has 6 nitrogen and oxygen atoms in total. The van der Waals surface area contributed by atoms with E-state index in [1.54, 1.807) is 0 Å². The molecule has 6 heteroatoms. The largest absolute Gasteiger partial charge is 0.481 e. The predicted octanol–water partition coefficient (Wildman–Crippen LogP) is -1.73. The third kappa shape index (κ3) is 2.02. The highest BCUT2D eigenvalue weighted by Gasteiger charge is 2.37. The molecule has 1 fully saturated rings. The lowest BCUT2D eigenvalue weighted by Crippen LogP contribution is -2.41. The number of likely N-dealkylation sites (tertiary alicyclic amines) is 1. The minimum atomic E-state index is -1.02. The number of carbonyl (C=O) groups is 2. The van der Waals surface area contributed by atoms with Gasteiger partial charge in [0, 0.05) is 13.0 Å². The molecular weight excluding hydrogens is 190 g/mol. The fraction of sp³-hybridized carbons (Fsp3) is 0.750. The number of aliphatic hydroxyl groups excluding tert-OH is 2. The normalized spacial score (nSPS) is 22.1. The number of hydrogen-bond donors (Lipinski definition) is 3. The topological polar surface area (TPSA) is 98.1 Å². The highest BCUT2D eigenvalue weighted by molar-refractivity contribution is 5.86. The Morgan fingerprint density at radius 2 is 2.07 bits per heavy atom. The summed E-state index contributed by atoms with van der Waals surface area (Å²) in [6, 6.07) is -0.674. The van der Waals surface area contributed by atoms with Gasteiger partial charge in [0.2, 0.25) is 5.91 Å². The maximum absolute atomic E-state index is 11.3. The van der Waals surface area contributed by atoms with Crippen LogP contribution in [0.5, 0.6) is 0 Å². The summed E-state index contributed by atoms with van der Waals surface area (Å²) in [4.78, 5) is 23.1. The van der Waals surface area contributed by atoms with Crippen LogP contribution in [0.15, 0.2) is 0 Å². The summed E-state index contributed by atoms with van der Waals surface area (Å²) < 4.78 is 0. The molecule has 80 valence electrons. The van der Waals surface area contributed by atoms with Crippen molar-refractivity contribution in [3.05, 3.63) is 0 Å². The van der Waals surface area contributed by atoms with Crippen LogP contribution in [0.25, 0.3) is 0 Å². The first-order valence-electron chi connectivity index (χ1n) is 4.34. The predicted molar refractivity (Wildman–Crippen MR) is 45.4 cm³/mol. The zero-order valence-corrected chi connectivity index (χ0v) is 7.59. The van der Waals surface area contributed by atoms with E-state index in [0.717, 1.165) is 0 Å². The summed E-state index contributed by atoms with van der Waals surface area (Å²) in [5.74, 6) is -2.07. The van der Waals surface area contributed by atoms with Crippen molar-refractivity contribution in [1.82, 2.24) is 4.90 Å². The molecule has 1 aliphatic rings. The summed E-state index contributed by atoms with van der Waals surface area (Å²) >= 11 is 0. The minimum Gasteiger partial charge on any atom is -0.481 e. The number of hydrogen-bond acceptors (Lipinski definition) is 4. The molecule has 0 bridgehead atoms. The zero-order valence-electron chi connectivity index (χ0n) is 7.59. The molecule has 1 atom stereocenters. The Labute approximate surface area is 80.8 Å². The van der Waals surface area contributed by atoms with E-state index in [2.05, 4.69) is 0 Å². The van der Waals surface area contributed by atoms with Gasteiger partial charge in [0.15, 0.2) is 0 Å². The lowest BCUT2D eigenvalue weighted by molar-refractivity contribution is -0.141. The molecule has 0 spiro atoms. The van der Waals surface area contributed by atoms with Crippen molar-refractivity contribution in [2.45, 2.75) is 12.5 Å². The number of carboxylic acid groups (broad SMARTS) is 1. The van der Waals surface area contributed by atoms with Gasteiger partial charge in [0.1, 0.15) is 0 Å². The molecule has 1 heterocycles. The molecular formula is C8H13NO5. The van der Waals surface area contributed by atoms with Crippen molar-refractivity contribution in [3.63, 3.8) is 0 Å². The second-order valence-corrected chi connectivity index (χ2v) is 3.30. The maximum Gasteiger partial charge on any atom is 0.308 e. The van der Waals surface area contributed by atoms with Crippen molar-refractivity contribution < 1.29 is 24.9 Å². The summed E-state index contributed by atoms with van der Waals surface area (Å²) in [5.41, 5.74) is 0. The van der Waals surface area contributed by atoms with Gasteiger partial charge in [-0.05, 0) is 0 Å². The van der Waals surface area contributed by atoms with Crippen LogP contribution in [0.2, 0.25) is 0 Å². The van der Waals surface area contributed by atoms with Gasteiger partial charge in [-0.3, -0.25) is 9.59 Å². The van der Waals surface area contributed by atoms with E-state index in [0.29, 0.717) is 0 Å². The average Bonchev–Trinajstić information content (AvgIpc) is 2.51. The molecule has 0 aromatic rings. The monoisotopic (exact) mass is 203 g/mol. The van der Waals surface area contributed by atoms with Crippen LogP contribution in [0.4, 0.5) is 0 Å². The Balaban J connectivity index is 2.64. The number of nitrogens with zero attached hydrogens (tertiary/aromatic N) is 1. The first-order chi connectivity index (χ1) is 6.60. The number of carbonyl (C=O) groups excluding carboxylic acids is 1. The molecule has 0 aromatic heterocycles. The van der Waals surface area contributed by atoms with Gasteiger partial charge in [0.05, 0.1) is 25.2 Å². The van der Waals surface area contributed by atoms with Crippen molar-refractivity contribution in [2.24, 2.45) is 5.92 Å². The van der Waals surface area contributed by atoms with E-state index in [9.17, 15) is 9.59 Å². The number of carboxylic acids is 1. The number of rotatable bonds is 4. The average molecular weight is 203 g/mol. The molecule has 0 aromatic carbocycles. The van der Waals surface area contributed by atoms with Crippen LogP contribution >= 0.6 is 0 Å². The number of aliphatic carboxylic acids is 1. The summed E-state index contributed by atoms with van der Waals surface area (Å²) in [6.07, 6.45) is -0.0498. The molecule has 1 rings (SSSR count). The minimum absolute atomic E-state index is 0.0498. The first-order valence-corrected chi connectivity index (χ1v) is 4.34. The van der Waals surface area contributed by atoms with Crippen molar-refractivity contribution >= 4 is 11.9 Å². The lowest BCUT2D eigenvalue weighted by Gasteiger charge is -2.24. The van der Waals surface area contributed by atoms with E-state index in [-0.39, 0.29) is 32.1 Å². The van der Waals surface area contributed by atoms with E-state index in [4.69, 9.17) is 15.3 Å². The van der Waals surface area contributed by atoms with Gasteiger partial charge in [-0.1, -0.05) is 0 Å².